The van der Waals surface area contributed by atoms with E-state index in [1.807, 2.05) is 17.5 Å². The van der Waals surface area contributed by atoms with Gasteiger partial charge in [-0.2, -0.15) is 0 Å². The predicted octanol–water partition coefficient (Wildman–Crippen LogP) is 2.07. The van der Waals surface area contributed by atoms with Crippen LogP contribution in [-0.4, -0.2) is 11.3 Å². The van der Waals surface area contributed by atoms with Gasteiger partial charge in [-0.25, -0.2) is 4.98 Å². The van der Waals surface area contributed by atoms with Crippen molar-refractivity contribution in [2.24, 2.45) is 0 Å². The topological polar surface area (TPSA) is 43.1 Å². The Morgan fingerprint density at radius 1 is 1.57 bits per heavy atom. The molecule has 0 aromatic carbocycles. The predicted molar refractivity (Wildman–Crippen MR) is 53.4 cm³/mol. The summed E-state index contributed by atoms with van der Waals surface area (Å²) in [6.07, 6.45) is 3.43. The fourth-order valence-corrected chi connectivity index (χ4v) is 1.86. The van der Waals surface area contributed by atoms with E-state index in [1.165, 1.54) is 4.88 Å². The fourth-order valence-electron chi connectivity index (χ4n) is 1.17. The summed E-state index contributed by atoms with van der Waals surface area (Å²) < 4.78 is 5.36. The van der Waals surface area contributed by atoms with Crippen LogP contribution in [0.2, 0.25) is 0 Å². The van der Waals surface area contributed by atoms with Gasteiger partial charge in [0.15, 0.2) is 5.89 Å². The molecule has 0 aliphatic rings. The molecule has 0 fully saturated rings. The Bertz CT molecular complexity index is 405. The van der Waals surface area contributed by atoms with Crippen molar-refractivity contribution in [1.82, 2.24) is 4.98 Å². The van der Waals surface area contributed by atoms with Crippen molar-refractivity contribution in [2.75, 3.05) is 0 Å². The number of thiophene rings is 1. The summed E-state index contributed by atoms with van der Waals surface area (Å²) in [5.74, 6) is 1.30. The average molecular weight is 207 g/mol. The lowest BCUT2D eigenvalue weighted by molar-refractivity contribution is -0.107. The Balaban J connectivity index is 2.06. The van der Waals surface area contributed by atoms with Gasteiger partial charge in [0.25, 0.3) is 0 Å². The van der Waals surface area contributed by atoms with Gasteiger partial charge < -0.3 is 9.21 Å². The Hall–Kier alpha value is -1.42. The largest absolute Gasteiger partial charge is 0.445 e. The third kappa shape index (κ3) is 2.09. The average Bonchev–Trinajstić information content (AvgIpc) is 2.79. The molecule has 0 atom stereocenters. The second-order valence-corrected chi connectivity index (χ2v) is 3.88. The van der Waals surface area contributed by atoms with E-state index in [4.69, 9.17) is 4.42 Å². The molecular weight excluding hydrogens is 198 g/mol. The minimum atomic E-state index is 0.303. The summed E-state index contributed by atoms with van der Waals surface area (Å²) in [7, 11) is 0. The smallest absolute Gasteiger partial charge is 0.199 e. The normalized spacial score (nSPS) is 10.3. The Morgan fingerprint density at radius 3 is 3.21 bits per heavy atom. The van der Waals surface area contributed by atoms with Crippen LogP contribution in [0.15, 0.2) is 28.1 Å². The second kappa shape index (κ2) is 4.19. The Morgan fingerprint density at radius 2 is 2.50 bits per heavy atom. The molecule has 0 unspecified atom stereocenters. The maximum Gasteiger partial charge on any atom is 0.199 e. The number of nitrogens with zero attached hydrogens (tertiary/aromatic N) is 1. The molecule has 2 rings (SSSR count). The molecular formula is C10H9NO2S. The summed E-state index contributed by atoms with van der Waals surface area (Å²) in [6.45, 7) is 0. The van der Waals surface area contributed by atoms with E-state index >= 15 is 0 Å². The second-order valence-electron chi connectivity index (χ2n) is 2.85. The third-order valence-electron chi connectivity index (χ3n) is 1.79. The van der Waals surface area contributed by atoms with Crippen LogP contribution in [0.3, 0.4) is 0 Å². The van der Waals surface area contributed by atoms with Gasteiger partial charge in [-0.15, -0.1) is 11.3 Å². The highest BCUT2D eigenvalue weighted by Gasteiger charge is 2.04. The first kappa shape index (κ1) is 9.15. The van der Waals surface area contributed by atoms with E-state index in [9.17, 15) is 4.79 Å². The van der Waals surface area contributed by atoms with Crippen LogP contribution in [0.4, 0.5) is 0 Å². The lowest BCUT2D eigenvalue weighted by Gasteiger charge is -1.90. The molecule has 4 heteroatoms. The summed E-state index contributed by atoms with van der Waals surface area (Å²) in [4.78, 5) is 15.5. The van der Waals surface area contributed by atoms with Gasteiger partial charge in [0.1, 0.15) is 12.0 Å². The molecule has 0 N–H and O–H groups in total. The van der Waals surface area contributed by atoms with Gasteiger partial charge in [0.05, 0.1) is 19.0 Å². The van der Waals surface area contributed by atoms with Crippen molar-refractivity contribution in [3.63, 3.8) is 0 Å². The lowest BCUT2D eigenvalue weighted by atomic mass is 10.3. The van der Waals surface area contributed by atoms with Gasteiger partial charge in [-0.05, 0) is 11.4 Å². The zero-order valence-electron chi connectivity index (χ0n) is 7.47. The maximum atomic E-state index is 10.2. The van der Waals surface area contributed by atoms with Gasteiger partial charge in [0, 0.05) is 4.88 Å². The zero-order chi connectivity index (χ0) is 9.80. The van der Waals surface area contributed by atoms with Crippen molar-refractivity contribution in [3.8, 4) is 0 Å². The highest BCUT2D eigenvalue weighted by Crippen LogP contribution is 2.14. The minimum Gasteiger partial charge on any atom is -0.445 e. The summed E-state index contributed by atoms with van der Waals surface area (Å²) in [5.41, 5.74) is 0. The van der Waals surface area contributed by atoms with Gasteiger partial charge in [-0.3, -0.25) is 0 Å². The van der Waals surface area contributed by atoms with Crippen LogP contribution in [0, 0.1) is 0 Å². The van der Waals surface area contributed by atoms with Gasteiger partial charge in [0.2, 0.25) is 0 Å². The van der Waals surface area contributed by atoms with Crippen LogP contribution in [0.25, 0.3) is 0 Å². The van der Waals surface area contributed by atoms with Crippen molar-refractivity contribution in [1.29, 1.82) is 0 Å². The fraction of sp³-hybridized carbons (Fsp3) is 0.200. The molecule has 3 nitrogen and oxygen atoms in total. The van der Waals surface area contributed by atoms with Crippen molar-refractivity contribution < 1.29 is 9.21 Å². The molecule has 14 heavy (non-hydrogen) atoms. The monoisotopic (exact) mass is 207 g/mol. The number of aldehydes is 1. The first-order valence-corrected chi connectivity index (χ1v) is 5.16. The lowest BCUT2D eigenvalue weighted by Crippen LogP contribution is -1.83. The van der Waals surface area contributed by atoms with Crippen molar-refractivity contribution in [3.05, 3.63) is 40.2 Å². The van der Waals surface area contributed by atoms with Crippen LogP contribution < -0.4 is 0 Å². The number of carbonyl (C=O) groups excluding carboxylic acids is 1. The highest BCUT2D eigenvalue weighted by molar-refractivity contribution is 7.09. The first-order valence-electron chi connectivity index (χ1n) is 4.28. The summed E-state index contributed by atoms with van der Waals surface area (Å²) in [6, 6.07) is 4.03. The van der Waals surface area contributed by atoms with E-state index in [1.54, 1.807) is 17.5 Å². The molecule has 0 radical (unpaired) electrons. The standard InChI is InChI=1S/C10H9NO2S/c12-4-3-8-7-11-10(13-8)6-9-2-1-5-14-9/h1-2,4-5,7H,3,6H2. The van der Waals surface area contributed by atoms with E-state index in [0.29, 0.717) is 24.5 Å². The van der Waals surface area contributed by atoms with Crippen molar-refractivity contribution in [2.45, 2.75) is 12.8 Å². The van der Waals surface area contributed by atoms with Crippen LogP contribution in [0.1, 0.15) is 16.5 Å². The zero-order valence-corrected chi connectivity index (χ0v) is 8.29. The molecule has 2 heterocycles. The number of hydrogen-bond donors (Lipinski definition) is 0. The molecule has 0 aliphatic heterocycles. The molecule has 2 aromatic heterocycles. The van der Waals surface area contributed by atoms with Crippen LogP contribution >= 0.6 is 11.3 Å². The first-order chi connectivity index (χ1) is 6.88. The maximum absolute atomic E-state index is 10.2. The molecule has 0 saturated carbocycles. The summed E-state index contributed by atoms with van der Waals surface area (Å²) in [5, 5.41) is 2.02. The van der Waals surface area contributed by atoms with E-state index in [-0.39, 0.29) is 0 Å². The highest BCUT2D eigenvalue weighted by atomic mass is 32.1. The van der Waals surface area contributed by atoms with Crippen molar-refractivity contribution >= 4 is 17.6 Å². The van der Waals surface area contributed by atoms with E-state index < -0.39 is 0 Å². The third-order valence-corrected chi connectivity index (χ3v) is 2.67. The Labute approximate surface area is 85.4 Å². The number of aromatic nitrogens is 1. The van der Waals surface area contributed by atoms with E-state index in [0.717, 1.165) is 6.29 Å². The SMILES string of the molecule is O=CCc1cnc(Cc2cccs2)o1. The Kier molecular flexibility index (Phi) is 2.74. The number of hydrogen-bond acceptors (Lipinski definition) is 4. The molecule has 0 amide bonds. The molecule has 0 saturated heterocycles. The molecule has 0 bridgehead atoms. The number of rotatable bonds is 4. The van der Waals surface area contributed by atoms with Crippen LogP contribution in [-0.2, 0) is 17.6 Å². The molecule has 72 valence electrons. The summed E-state index contributed by atoms with van der Waals surface area (Å²) >= 11 is 1.67. The minimum absolute atomic E-state index is 0.303. The molecule has 2 aromatic rings. The van der Waals surface area contributed by atoms with E-state index in [2.05, 4.69) is 4.98 Å². The van der Waals surface area contributed by atoms with Gasteiger partial charge in [-0.1, -0.05) is 6.07 Å². The quantitative estimate of drug-likeness (QED) is 0.721. The molecule has 0 aliphatic carbocycles. The van der Waals surface area contributed by atoms with Crippen LogP contribution in [0.5, 0.6) is 0 Å². The molecule has 0 spiro atoms. The number of carbonyl (C=O) groups is 1. The van der Waals surface area contributed by atoms with Gasteiger partial charge >= 0.3 is 0 Å². The number of oxazole rings is 1.